The van der Waals surface area contributed by atoms with Gasteiger partial charge in [-0.15, -0.1) is 0 Å². The van der Waals surface area contributed by atoms with E-state index in [2.05, 4.69) is 166 Å². The summed E-state index contributed by atoms with van der Waals surface area (Å²) in [5.41, 5.74) is 24.0. The van der Waals surface area contributed by atoms with Crippen LogP contribution in [0.5, 0.6) is 0 Å². The first kappa shape index (κ1) is 85.9. The number of hydrogen-bond donors (Lipinski definition) is 12. The molecule has 4 aliphatic rings. The third-order valence-corrected chi connectivity index (χ3v) is 23.8. The van der Waals surface area contributed by atoms with E-state index in [1.54, 1.807) is 93.0 Å². The maximum atomic E-state index is 12.7. The Morgan fingerprint density at radius 2 is 0.492 bits per heavy atom. The fraction of sp³-hybridized carbons (Fsp3) is 0.224. The van der Waals surface area contributed by atoms with Gasteiger partial charge in [-0.3, -0.25) is 79.4 Å². The Balaban J connectivity index is 0.000000120. The molecule has 130 heavy (non-hydrogen) atoms. The Morgan fingerprint density at radius 3 is 0.731 bits per heavy atom. The first-order valence-corrected chi connectivity index (χ1v) is 42.2. The van der Waals surface area contributed by atoms with Gasteiger partial charge in [0.15, 0.2) is 23.3 Å². The fourth-order valence-corrected chi connectivity index (χ4v) is 16.6. The molecule has 4 aliphatic carbocycles. The van der Waals surface area contributed by atoms with E-state index in [0.717, 1.165) is 250 Å². The summed E-state index contributed by atoms with van der Waals surface area (Å²) in [4.78, 5) is 115. The molecule has 0 saturated heterocycles. The van der Waals surface area contributed by atoms with E-state index in [4.69, 9.17) is 0 Å². The summed E-state index contributed by atoms with van der Waals surface area (Å²) in [5.74, 6) is 3.59. The van der Waals surface area contributed by atoms with Gasteiger partial charge in [-0.25, -0.2) is 19.9 Å². The number of carbonyl (C=O) groups excluding carboxylic acids is 4. The maximum Gasteiger partial charge on any atom is 0.227 e. The van der Waals surface area contributed by atoms with E-state index in [-0.39, 0.29) is 77.0 Å². The SMILES string of the molecule is C.C.C.C.O=C(Nc1cncc(-c2ccc3[nH]nc(-c4nc5ccncc5[nH]4)c3c2)c1)C1CC1.O=C(Nc1cncc(-c2ccc3[nH]nc(-c4nc5ccncc5[nH]4)c3c2)c1)C1CCC1.O=C(Nc1cncc(-c2ccc3[nH]nc(-c4nc5ccncc5[nH]4)c3c2)c1)C1CCCC1.O=C(Nc1cncc(-c2ccc3[nH]nc(-c4nc5ccncc5[nH]4)c3c2)c1)C1CCCCC1. The Morgan fingerprint density at radius 1 is 0.246 bits per heavy atom. The van der Waals surface area contributed by atoms with Crippen molar-refractivity contribution in [2.24, 2.45) is 23.7 Å². The summed E-state index contributed by atoms with van der Waals surface area (Å²) in [6.07, 6.45) is 42.5. The highest BCUT2D eigenvalue weighted by molar-refractivity contribution is 6.02. The molecule has 0 bridgehead atoms. The molecule has 4 aromatic carbocycles. The third-order valence-electron chi connectivity index (χ3n) is 23.8. The predicted octanol–water partition coefficient (Wildman–Crippen LogP) is 20.5. The molecule has 0 atom stereocenters. The molecule has 4 saturated carbocycles. The van der Waals surface area contributed by atoms with Crippen LogP contribution in [0.2, 0.25) is 0 Å². The lowest BCUT2D eigenvalue weighted by Crippen LogP contribution is -2.28. The number of hydrogen-bond acceptors (Lipinski definition) is 20. The molecule has 0 radical (unpaired) electrons. The van der Waals surface area contributed by atoms with E-state index in [1.807, 2.05) is 103 Å². The summed E-state index contributed by atoms with van der Waals surface area (Å²) >= 11 is 0. The van der Waals surface area contributed by atoms with Crippen LogP contribution in [0.3, 0.4) is 0 Å². The number of fused-ring (bicyclic) bond motifs is 8. The van der Waals surface area contributed by atoms with Crippen LogP contribution in [0.25, 0.3) is 178 Å². The van der Waals surface area contributed by atoms with Crippen molar-refractivity contribution in [3.05, 3.63) is 220 Å². The van der Waals surface area contributed by atoms with Gasteiger partial charge in [0.25, 0.3) is 0 Å². The zero-order valence-corrected chi connectivity index (χ0v) is 67.8. The third kappa shape index (κ3) is 18.0. The number of anilines is 4. The highest BCUT2D eigenvalue weighted by atomic mass is 16.2. The molecule has 0 unspecified atom stereocenters. The van der Waals surface area contributed by atoms with E-state index in [0.29, 0.717) is 34.7 Å². The second kappa shape index (κ2) is 37.5. The van der Waals surface area contributed by atoms with Crippen LogP contribution < -0.4 is 21.3 Å². The molecule has 20 aromatic rings. The minimum Gasteiger partial charge on any atom is -0.335 e. The van der Waals surface area contributed by atoms with Crippen LogP contribution in [-0.4, -0.2) is 144 Å². The first-order valence-electron chi connectivity index (χ1n) is 42.2. The van der Waals surface area contributed by atoms with Crippen molar-refractivity contribution in [1.82, 2.24) is 121 Å². The van der Waals surface area contributed by atoms with Crippen molar-refractivity contribution in [3.63, 3.8) is 0 Å². The Kier molecular flexibility index (Phi) is 24.8. The summed E-state index contributed by atoms with van der Waals surface area (Å²) in [6, 6.07) is 39.6. The zero-order chi connectivity index (χ0) is 84.6. The van der Waals surface area contributed by atoms with Gasteiger partial charge in [-0.2, -0.15) is 20.4 Å². The van der Waals surface area contributed by atoms with Gasteiger partial charge >= 0.3 is 0 Å². The smallest absolute Gasteiger partial charge is 0.227 e. The minimum atomic E-state index is 0. The molecule has 0 aliphatic heterocycles. The monoisotopic (exact) mass is 1730 g/mol. The summed E-state index contributed by atoms with van der Waals surface area (Å²) in [6.45, 7) is 0. The number of nitrogens with zero attached hydrogens (tertiary/aromatic N) is 16. The minimum absolute atomic E-state index is 0. The highest BCUT2D eigenvalue weighted by Crippen LogP contribution is 2.39. The van der Waals surface area contributed by atoms with E-state index in [9.17, 15) is 19.2 Å². The first-order chi connectivity index (χ1) is 62.0. The molecule has 16 heterocycles. The lowest BCUT2D eigenvalue weighted by atomic mass is 9.85. The van der Waals surface area contributed by atoms with E-state index < -0.39 is 0 Å². The number of aromatic nitrogens is 24. The Hall–Kier alpha value is -16.3. The van der Waals surface area contributed by atoms with Crippen molar-refractivity contribution in [2.75, 3.05) is 21.3 Å². The Labute approximate surface area is 745 Å². The number of nitrogens with one attached hydrogen (secondary N) is 12. The fourth-order valence-electron chi connectivity index (χ4n) is 16.6. The lowest BCUT2D eigenvalue weighted by molar-refractivity contribution is -0.122. The van der Waals surface area contributed by atoms with Gasteiger partial charge in [0.1, 0.15) is 22.8 Å². The second-order valence-electron chi connectivity index (χ2n) is 32.3. The molecule has 4 amide bonds. The standard InChI is InChI=1S/C25H23N7O.C24H21N7O.C23H19N7O.C22H17N7O.4CH4/c33-25(15-4-2-1-3-5-15)28-18-10-17(12-27-13-18)16-6-7-20-19(11-16)23(32-31-20)24-29-21-8-9-26-14-22(21)30-24;32-24(14-3-1-2-4-14)27-17-9-16(11-26-12-17)15-5-6-19-18(10-15)22(31-30-19)23-28-20-7-8-25-13-21(20)29-23;31-23(13-2-1-3-13)26-16-8-15(10-25-11-16)14-4-5-18-17(9-14)21(30-29-18)22-27-19-6-7-24-12-20(19)28-22;30-22(12-1-2-12)25-15-7-14(9-24-10-15)13-3-4-17-16(8-13)20(29-28-17)21-26-18-5-6-23-11-19(18)27-21;;;;/h6-15H,1-5H2,(H,28,33)(H,29,30)(H,31,32);5-14H,1-4H2,(H,27,32)(H,28,29)(H,30,31);4-13H,1-3H2,(H,26,31)(H,27,28)(H,29,30);3-12H,1-2H2,(H,25,30)(H,26,27)(H,28,29);4*1H4. The molecule has 32 nitrogen and oxygen atoms in total. The second-order valence-corrected chi connectivity index (χ2v) is 32.3. The van der Waals surface area contributed by atoms with Crippen LogP contribution in [0.1, 0.15) is 120 Å². The zero-order valence-electron chi connectivity index (χ0n) is 67.8. The topological polar surface area (TPSA) is 449 Å². The Bertz CT molecular complexity index is 7390. The average Bonchev–Trinajstić information content (AvgIpc) is 1.64. The van der Waals surface area contributed by atoms with Crippen molar-refractivity contribution in [3.8, 4) is 90.6 Å². The van der Waals surface area contributed by atoms with Crippen LogP contribution in [0, 0.1) is 23.7 Å². The normalized spacial score (nSPS) is 13.8. The van der Waals surface area contributed by atoms with Gasteiger partial charge in [0, 0.05) is 117 Å². The number of rotatable bonds is 16. The average molecular weight is 1730 g/mol. The van der Waals surface area contributed by atoms with Crippen molar-refractivity contribution < 1.29 is 19.2 Å². The molecular formula is C98H96N28O4. The van der Waals surface area contributed by atoms with Gasteiger partial charge in [0.2, 0.25) is 23.6 Å². The van der Waals surface area contributed by atoms with Gasteiger partial charge in [-0.05, 0) is 171 Å². The van der Waals surface area contributed by atoms with Crippen LogP contribution >= 0.6 is 0 Å². The largest absolute Gasteiger partial charge is 0.335 e. The van der Waals surface area contributed by atoms with Crippen molar-refractivity contribution in [1.29, 1.82) is 0 Å². The summed E-state index contributed by atoms with van der Waals surface area (Å²) < 4.78 is 0. The number of H-pyrrole nitrogens is 8. The molecule has 24 rings (SSSR count). The highest BCUT2D eigenvalue weighted by Gasteiger charge is 2.31. The molecule has 16 aromatic heterocycles. The predicted molar refractivity (Wildman–Crippen MR) is 509 cm³/mol. The number of carbonyl (C=O) groups is 4. The number of benzene rings is 4. The van der Waals surface area contributed by atoms with E-state index in [1.165, 1.54) is 6.42 Å². The number of imidazole rings is 4. The number of amides is 4. The van der Waals surface area contributed by atoms with Gasteiger partial charge in [0.05, 0.1) is 139 Å². The van der Waals surface area contributed by atoms with Crippen LogP contribution in [-0.2, 0) is 19.2 Å². The molecule has 0 spiro atoms. The molecule has 32 heteroatoms. The molecular weight excluding hydrogens is 1630 g/mol. The maximum absolute atomic E-state index is 12.7. The molecule has 12 N–H and O–H groups in total. The molecule has 4 fully saturated rings. The lowest BCUT2D eigenvalue weighted by Gasteiger charge is -2.24. The van der Waals surface area contributed by atoms with Gasteiger partial charge < -0.3 is 41.2 Å². The summed E-state index contributed by atoms with van der Waals surface area (Å²) in [7, 11) is 0. The van der Waals surface area contributed by atoms with Crippen molar-refractivity contribution >= 4 is 134 Å². The quantitative estimate of drug-likeness (QED) is 0.0427. The summed E-state index contributed by atoms with van der Waals surface area (Å²) in [5, 5.41) is 46.1. The van der Waals surface area contributed by atoms with E-state index >= 15 is 0 Å². The van der Waals surface area contributed by atoms with Crippen LogP contribution in [0.4, 0.5) is 22.7 Å². The van der Waals surface area contributed by atoms with Crippen LogP contribution in [0.15, 0.2) is 220 Å². The van der Waals surface area contributed by atoms with Gasteiger partial charge in [-0.1, -0.05) is 92.5 Å². The molecule has 652 valence electrons. The number of pyridine rings is 8. The number of aromatic amines is 8. The van der Waals surface area contributed by atoms with Crippen molar-refractivity contribution in [2.45, 2.75) is 120 Å².